The molecule has 190 valence electrons. The molecule has 0 saturated heterocycles. The number of carboxylic acids is 1. The lowest BCUT2D eigenvalue weighted by Gasteiger charge is -2.19. The highest BCUT2D eigenvalue weighted by Gasteiger charge is 2.35. The van der Waals surface area contributed by atoms with Gasteiger partial charge in [-0.25, -0.2) is 13.6 Å². The topological polar surface area (TPSA) is 88.4 Å². The summed E-state index contributed by atoms with van der Waals surface area (Å²) in [5.74, 6) is -5.14. The maximum absolute atomic E-state index is 14.0. The van der Waals surface area contributed by atoms with E-state index in [0.29, 0.717) is 15.5 Å². The van der Waals surface area contributed by atoms with Gasteiger partial charge >= 0.3 is 12.1 Å². The van der Waals surface area contributed by atoms with Crippen molar-refractivity contribution in [3.63, 3.8) is 0 Å². The molecule has 11 heteroatoms. The molecule has 4 aromatic rings. The summed E-state index contributed by atoms with van der Waals surface area (Å²) in [6, 6.07) is 12.5. The van der Waals surface area contributed by atoms with Crippen molar-refractivity contribution in [2.45, 2.75) is 18.6 Å². The number of hydrogen-bond donors (Lipinski definition) is 2. The highest BCUT2D eigenvalue weighted by molar-refractivity contribution is 5.97. The molecule has 0 radical (unpaired) electrons. The molecule has 37 heavy (non-hydrogen) atoms. The Bertz CT molecular complexity index is 1560. The predicted octanol–water partition coefficient (Wildman–Crippen LogP) is 4.71. The lowest BCUT2D eigenvalue weighted by Crippen LogP contribution is -2.43. The average molecular weight is 516 g/mol. The van der Waals surface area contributed by atoms with Crippen LogP contribution in [0, 0.1) is 11.6 Å². The molecule has 0 fully saturated rings. The fourth-order valence-corrected chi connectivity index (χ4v) is 4.06. The Morgan fingerprint density at radius 1 is 0.865 bits per heavy atom. The average Bonchev–Trinajstić information content (AvgIpc) is 2.82. The number of benzene rings is 3. The van der Waals surface area contributed by atoms with E-state index in [1.54, 1.807) is 0 Å². The standard InChI is InChI=1S/C26H17F5N2O4/c27-17-8-3-9-18(28)23(17)24(35)32-19(25(36)37)13-14-5-1-7-16-15(14)6-2-10-20(16)33-21(26(29,30)31)11-4-12-22(33)34/h1-12,19H,13H2,(H,32,35)(H,36,37)/t19-/m0/s1. The zero-order valence-corrected chi connectivity index (χ0v) is 18.7. The molecule has 1 aromatic heterocycles. The number of carboxylic acid groups (broad SMARTS) is 1. The zero-order chi connectivity index (χ0) is 26.9. The summed E-state index contributed by atoms with van der Waals surface area (Å²) in [4.78, 5) is 36.8. The number of nitrogens with zero attached hydrogens (tertiary/aromatic N) is 1. The van der Waals surface area contributed by atoms with E-state index in [0.717, 1.165) is 36.4 Å². The first-order valence-corrected chi connectivity index (χ1v) is 10.8. The number of alkyl halides is 3. The summed E-state index contributed by atoms with van der Waals surface area (Å²) in [7, 11) is 0. The lowest BCUT2D eigenvalue weighted by atomic mass is 9.97. The van der Waals surface area contributed by atoms with Gasteiger partial charge in [-0.05, 0) is 35.2 Å². The molecule has 0 saturated carbocycles. The highest BCUT2D eigenvalue weighted by Crippen LogP contribution is 2.32. The van der Waals surface area contributed by atoms with Crippen LogP contribution in [0.25, 0.3) is 16.5 Å². The minimum Gasteiger partial charge on any atom is -0.480 e. The largest absolute Gasteiger partial charge is 0.480 e. The Kier molecular flexibility index (Phi) is 6.80. The molecule has 1 heterocycles. The quantitative estimate of drug-likeness (QED) is 0.364. The third kappa shape index (κ3) is 5.06. The SMILES string of the molecule is O=C(N[C@@H](Cc1cccc2c(-n3c(C(F)(F)F)cccc3=O)cccc12)C(=O)O)c1c(F)cccc1F. The second kappa shape index (κ2) is 9.84. The maximum Gasteiger partial charge on any atom is 0.431 e. The first-order valence-electron chi connectivity index (χ1n) is 10.8. The number of amides is 1. The number of halogens is 5. The van der Waals surface area contributed by atoms with Gasteiger partial charge in [0.15, 0.2) is 0 Å². The van der Waals surface area contributed by atoms with Crippen molar-refractivity contribution in [3.8, 4) is 5.69 Å². The van der Waals surface area contributed by atoms with E-state index >= 15 is 0 Å². The van der Waals surface area contributed by atoms with Crippen LogP contribution in [-0.2, 0) is 17.4 Å². The monoisotopic (exact) mass is 516 g/mol. The van der Waals surface area contributed by atoms with Crippen molar-refractivity contribution < 1.29 is 36.6 Å². The highest BCUT2D eigenvalue weighted by atomic mass is 19.4. The second-order valence-corrected chi connectivity index (χ2v) is 8.04. The van der Waals surface area contributed by atoms with Crippen LogP contribution in [0.2, 0.25) is 0 Å². The molecular weight excluding hydrogens is 499 g/mol. The van der Waals surface area contributed by atoms with Gasteiger partial charge in [-0.1, -0.05) is 42.5 Å². The third-order valence-electron chi connectivity index (χ3n) is 5.69. The summed E-state index contributed by atoms with van der Waals surface area (Å²) in [5, 5.41) is 12.3. The van der Waals surface area contributed by atoms with Crippen LogP contribution in [0.5, 0.6) is 0 Å². The number of carbonyl (C=O) groups is 2. The molecule has 4 rings (SSSR count). The number of aromatic nitrogens is 1. The van der Waals surface area contributed by atoms with Crippen molar-refractivity contribution in [1.82, 2.24) is 9.88 Å². The number of carbonyl (C=O) groups excluding carboxylic acids is 1. The normalized spacial score (nSPS) is 12.4. The van der Waals surface area contributed by atoms with Crippen LogP contribution in [0.4, 0.5) is 22.0 Å². The van der Waals surface area contributed by atoms with Crippen LogP contribution in [0.1, 0.15) is 21.6 Å². The molecule has 0 spiro atoms. The molecule has 1 atom stereocenters. The summed E-state index contributed by atoms with van der Waals surface area (Å²) in [5.41, 5.74) is -2.84. The van der Waals surface area contributed by atoms with Crippen molar-refractivity contribution in [2.75, 3.05) is 0 Å². The fraction of sp³-hybridized carbons (Fsp3) is 0.115. The second-order valence-electron chi connectivity index (χ2n) is 8.04. The number of pyridine rings is 1. The summed E-state index contributed by atoms with van der Waals surface area (Å²) in [6.07, 6.45) is -5.20. The van der Waals surface area contributed by atoms with Gasteiger partial charge in [0.2, 0.25) is 0 Å². The van der Waals surface area contributed by atoms with E-state index in [2.05, 4.69) is 5.32 Å². The van der Waals surface area contributed by atoms with E-state index < -0.39 is 52.5 Å². The van der Waals surface area contributed by atoms with Gasteiger partial charge in [0.05, 0.1) is 5.69 Å². The number of rotatable bonds is 6. The Morgan fingerprint density at radius 3 is 2.11 bits per heavy atom. The number of nitrogens with one attached hydrogen (secondary N) is 1. The van der Waals surface area contributed by atoms with Crippen LogP contribution < -0.4 is 10.9 Å². The maximum atomic E-state index is 14.0. The lowest BCUT2D eigenvalue weighted by molar-refractivity contribution is -0.143. The summed E-state index contributed by atoms with van der Waals surface area (Å²) < 4.78 is 69.5. The van der Waals surface area contributed by atoms with Gasteiger partial charge in [-0.2, -0.15) is 13.2 Å². The van der Waals surface area contributed by atoms with Gasteiger partial charge in [0.25, 0.3) is 11.5 Å². The minimum absolute atomic E-state index is 0.0818. The zero-order valence-electron chi connectivity index (χ0n) is 18.7. The van der Waals surface area contributed by atoms with Crippen LogP contribution in [0.15, 0.2) is 77.6 Å². The Morgan fingerprint density at radius 2 is 1.46 bits per heavy atom. The van der Waals surface area contributed by atoms with Crippen molar-refractivity contribution in [1.29, 1.82) is 0 Å². The third-order valence-corrected chi connectivity index (χ3v) is 5.69. The van der Waals surface area contributed by atoms with Gasteiger partial charge < -0.3 is 10.4 Å². The van der Waals surface area contributed by atoms with E-state index in [4.69, 9.17) is 0 Å². The molecular formula is C26H17F5N2O4. The minimum atomic E-state index is -4.83. The predicted molar refractivity (Wildman–Crippen MR) is 123 cm³/mol. The summed E-state index contributed by atoms with van der Waals surface area (Å²) in [6.45, 7) is 0. The van der Waals surface area contributed by atoms with E-state index in [-0.39, 0.29) is 17.5 Å². The van der Waals surface area contributed by atoms with Crippen LogP contribution >= 0.6 is 0 Å². The van der Waals surface area contributed by atoms with Gasteiger partial charge in [0, 0.05) is 17.9 Å². The molecule has 0 aliphatic rings. The molecule has 0 aliphatic heterocycles. The van der Waals surface area contributed by atoms with Crippen molar-refractivity contribution >= 4 is 22.6 Å². The van der Waals surface area contributed by atoms with Crippen molar-refractivity contribution in [2.24, 2.45) is 0 Å². The number of fused-ring (bicyclic) bond motifs is 1. The van der Waals surface area contributed by atoms with Crippen LogP contribution in [0.3, 0.4) is 0 Å². The van der Waals surface area contributed by atoms with Gasteiger partial charge in [-0.15, -0.1) is 0 Å². The van der Waals surface area contributed by atoms with Crippen molar-refractivity contribution in [3.05, 3.63) is 112 Å². The van der Waals surface area contributed by atoms with Gasteiger partial charge in [-0.3, -0.25) is 14.2 Å². The molecule has 0 aliphatic carbocycles. The molecule has 3 aromatic carbocycles. The van der Waals surface area contributed by atoms with Gasteiger partial charge in [0.1, 0.15) is 28.9 Å². The Balaban J connectivity index is 1.77. The van der Waals surface area contributed by atoms with E-state index in [1.807, 2.05) is 0 Å². The van der Waals surface area contributed by atoms with E-state index in [1.165, 1.54) is 36.4 Å². The smallest absolute Gasteiger partial charge is 0.431 e. The fourth-order valence-electron chi connectivity index (χ4n) is 4.06. The molecule has 2 N–H and O–H groups in total. The van der Waals surface area contributed by atoms with E-state index in [9.17, 15) is 41.4 Å². The molecule has 6 nitrogen and oxygen atoms in total. The summed E-state index contributed by atoms with van der Waals surface area (Å²) >= 11 is 0. The first kappa shape index (κ1) is 25.5. The number of aliphatic carboxylic acids is 1. The molecule has 1 amide bonds. The first-order chi connectivity index (χ1) is 17.5. The Labute approximate surface area is 205 Å². The Hall–Kier alpha value is -4.54. The number of hydrogen-bond acceptors (Lipinski definition) is 3. The molecule has 0 unspecified atom stereocenters. The van der Waals surface area contributed by atoms with Crippen LogP contribution in [-0.4, -0.2) is 27.6 Å². The molecule has 0 bridgehead atoms.